The van der Waals surface area contributed by atoms with E-state index in [4.69, 9.17) is 10.00 Å². The molecule has 0 radical (unpaired) electrons. The maximum atomic E-state index is 13.4. The quantitative estimate of drug-likeness (QED) is 0.608. The van der Waals surface area contributed by atoms with E-state index in [2.05, 4.69) is 6.07 Å². The second-order valence-electron chi connectivity index (χ2n) is 4.41. The summed E-state index contributed by atoms with van der Waals surface area (Å²) in [5.74, 6) is -0.871. The average molecular weight is 250 g/mol. The lowest BCUT2D eigenvalue weighted by molar-refractivity contribution is -0.387. The van der Waals surface area contributed by atoms with Crippen molar-refractivity contribution in [1.82, 2.24) is 0 Å². The minimum absolute atomic E-state index is 0.322. The Labute approximate surface area is 103 Å². The van der Waals surface area contributed by atoms with Crippen LogP contribution < -0.4 is 0 Å². The first-order valence-corrected chi connectivity index (χ1v) is 5.48. The number of hydrogen-bond donors (Lipinski definition) is 0. The van der Waals surface area contributed by atoms with Crippen molar-refractivity contribution < 1.29 is 14.1 Å². The summed E-state index contributed by atoms with van der Waals surface area (Å²) < 4.78 is 18.6. The van der Waals surface area contributed by atoms with Gasteiger partial charge < -0.3 is 4.74 Å². The van der Waals surface area contributed by atoms with E-state index in [1.165, 1.54) is 6.07 Å². The molecule has 1 unspecified atom stereocenters. The third-order valence-corrected chi connectivity index (χ3v) is 3.09. The monoisotopic (exact) mass is 250 g/mol. The van der Waals surface area contributed by atoms with Crippen molar-refractivity contribution in [2.24, 2.45) is 5.41 Å². The highest BCUT2D eigenvalue weighted by Gasteiger charge is 2.35. The minimum atomic E-state index is -0.871. The molecule has 94 valence electrons. The number of nitriles is 1. The summed E-state index contributed by atoms with van der Waals surface area (Å²) in [6, 6.07) is 5.94. The highest BCUT2D eigenvalue weighted by Crippen LogP contribution is 2.32. The number of halogens is 1. The van der Waals surface area contributed by atoms with Gasteiger partial charge in [-0.25, -0.2) is 0 Å². The summed E-state index contributed by atoms with van der Waals surface area (Å²) in [4.78, 5) is 9.72. The second kappa shape index (κ2) is 4.70. The zero-order chi connectivity index (χ0) is 13.2. The lowest BCUT2D eigenvalue weighted by Crippen LogP contribution is -2.21. The summed E-state index contributed by atoms with van der Waals surface area (Å²) in [6.45, 7) is 0.838. The van der Waals surface area contributed by atoms with E-state index in [0.29, 0.717) is 31.6 Å². The molecule has 1 aromatic rings. The van der Waals surface area contributed by atoms with Gasteiger partial charge in [0, 0.05) is 12.7 Å². The summed E-state index contributed by atoms with van der Waals surface area (Å²) in [6.07, 6.45) is 0.945. The topological polar surface area (TPSA) is 76.2 Å². The summed E-state index contributed by atoms with van der Waals surface area (Å²) in [5, 5.41) is 19.6. The van der Waals surface area contributed by atoms with E-state index in [1.807, 2.05) is 0 Å². The standard InChI is InChI=1S/C12H11FN2O3/c13-10-5-9(1-2-11(10)15(16)17)6-12(7-14)3-4-18-8-12/h1-2,5H,3-4,6,8H2. The zero-order valence-electron chi connectivity index (χ0n) is 9.56. The maximum absolute atomic E-state index is 13.4. The molecule has 0 aliphatic carbocycles. The van der Waals surface area contributed by atoms with Gasteiger partial charge in [0.1, 0.15) is 0 Å². The largest absolute Gasteiger partial charge is 0.380 e. The molecule has 2 rings (SSSR count). The van der Waals surface area contributed by atoms with E-state index < -0.39 is 21.8 Å². The van der Waals surface area contributed by atoms with Gasteiger partial charge in [0.05, 0.1) is 23.0 Å². The molecular weight excluding hydrogens is 239 g/mol. The molecule has 1 aliphatic rings. The fourth-order valence-electron chi connectivity index (χ4n) is 2.07. The zero-order valence-corrected chi connectivity index (χ0v) is 9.56. The van der Waals surface area contributed by atoms with Crippen molar-refractivity contribution in [3.05, 3.63) is 39.7 Å². The third kappa shape index (κ3) is 2.31. The molecule has 5 nitrogen and oxygen atoms in total. The van der Waals surface area contributed by atoms with Crippen molar-refractivity contribution >= 4 is 5.69 Å². The Morgan fingerprint density at radius 3 is 2.89 bits per heavy atom. The van der Waals surface area contributed by atoms with Gasteiger partial charge in [-0.3, -0.25) is 10.1 Å². The van der Waals surface area contributed by atoms with Crippen LogP contribution in [-0.4, -0.2) is 18.1 Å². The van der Waals surface area contributed by atoms with E-state index >= 15 is 0 Å². The molecule has 1 aromatic carbocycles. The lowest BCUT2D eigenvalue weighted by Gasteiger charge is -2.17. The first-order valence-electron chi connectivity index (χ1n) is 5.48. The van der Waals surface area contributed by atoms with Crippen LogP contribution in [0.25, 0.3) is 0 Å². The first-order chi connectivity index (χ1) is 8.56. The lowest BCUT2D eigenvalue weighted by atomic mass is 9.82. The number of ether oxygens (including phenoxy) is 1. The fourth-order valence-corrected chi connectivity index (χ4v) is 2.07. The molecule has 0 spiro atoms. The molecule has 0 amide bonds. The molecule has 18 heavy (non-hydrogen) atoms. The van der Waals surface area contributed by atoms with Crippen molar-refractivity contribution in [3.63, 3.8) is 0 Å². The van der Waals surface area contributed by atoms with Gasteiger partial charge in [-0.2, -0.15) is 9.65 Å². The highest BCUT2D eigenvalue weighted by molar-refractivity contribution is 5.36. The number of hydrogen-bond acceptors (Lipinski definition) is 4. The van der Waals surface area contributed by atoms with Gasteiger partial charge in [0.2, 0.25) is 5.82 Å². The molecular formula is C12H11FN2O3. The number of rotatable bonds is 3. The summed E-state index contributed by atoms with van der Waals surface area (Å²) in [7, 11) is 0. The first kappa shape index (κ1) is 12.5. The molecule has 1 fully saturated rings. The van der Waals surface area contributed by atoms with Gasteiger partial charge in [0.25, 0.3) is 0 Å². The molecule has 6 heteroatoms. The number of benzene rings is 1. The van der Waals surface area contributed by atoms with Crippen LogP contribution in [0.3, 0.4) is 0 Å². The van der Waals surface area contributed by atoms with Crippen LogP contribution in [0.1, 0.15) is 12.0 Å². The molecule has 1 heterocycles. The average Bonchev–Trinajstić information content (AvgIpc) is 2.78. The molecule has 1 saturated heterocycles. The van der Waals surface area contributed by atoms with E-state index in [1.54, 1.807) is 0 Å². The van der Waals surface area contributed by atoms with Crippen LogP contribution in [0.15, 0.2) is 18.2 Å². The number of nitro benzene ring substituents is 1. The Kier molecular flexibility index (Phi) is 3.26. The van der Waals surface area contributed by atoms with E-state index in [-0.39, 0.29) is 0 Å². The van der Waals surface area contributed by atoms with E-state index in [9.17, 15) is 14.5 Å². The van der Waals surface area contributed by atoms with Crippen LogP contribution in [0.2, 0.25) is 0 Å². The van der Waals surface area contributed by atoms with Gasteiger partial charge in [0.15, 0.2) is 0 Å². The van der Waals surface area contributed by atoms with E-state index in [0.717, 1.165) is 12.1 Å². The van der Waals surface area contributed by atoms with Crippen molar-refractivity contribution in [2.75, 3.05) is 13.2 Å². The summed E-state index contributed by atoms with van der Waals surface area (Å²) >= 11 is 0. The highest BCUT2D eigenvalue weighted by atomic mass is 19.1. The van der Waals surface area contributed by atoms with Crippen molar-refractivity contribution in [3.8, 4) is 6.07 Å². The normalized spacial score (nSPS) is 22.7. The maximum Gasteiger partial charge on any atom is 0.304 e. The summed E-state index contributed by atoms with van der Waals surface area (Å²) in [5.41, 5.74) is -0.611. The number of nitrogens with zero attached hydrogens (tertiary/aromatic N) is 2. The Balaban J connectivity index is 2.23. The third-order valence-electron chi connectivity index (χ3n) is 3.09. The Morgan fingerprint density at radius 2 is 2.39 bits per heavy atom. The minimum Gasteiger partial charge on any atom is -0.380 e. The predicted molar refractivity (Wildman–Crippen MR) is 60.2 cm³/mol. The Bertz CT molecular complexity index is 519. The molecule has 1 aliphatic heterocycles. The van der Waals surface area contributed by atoms with Gasteiger partial charge in [-0.15, -0.1) is 0 Å². The Hall–Kier alpha value is -2.00. The molecule has 0 N–H and O–H groups in total. The van der Waals surface area contributed by atoms with Crippen molar-refractivity contribution in [1.29, 1.82) is 5.26 Å². The van der Waals surface area contributed by atoms with Crippen molar-refractivity contribution in [2.45, 2.75) is 12.8 Å². The van der Waals surface area contributed by atoms with Gasteiger partial charge in [-0.1, -0.05) is 6.07 Å². The number of nitro groups is 1. The van der Waals surface area contributed by atoms with Gasteiger partial charge >= 0.3 is 5.69 Å². The SMILES string of the molecule is N#CC1(Cc2ccc([N+](=O)[O-])c(F)c2)CCOC1. The predicted octanol–water partition coefficient (Wildman–Crippen LogP) is 2.21. The molecule has 0 bridgehead atoms. The Morgan fingerprint density at radius 1 is 1.61 bits per heavy atom. The fraction of sp³-hybridized carbons (Fsp3) is 0.417. The second-order valence-corrected chi connectivity index (χ2v) is 4.41. The van der Waals surface area contributed by atoms with Crippen LogP contribution in [0.4, 0.5) is 10.1 Å². The van der Waals surface area contributed by atoms with Crippen LogP contribution in [-0.2, 0) is 11.2 Å². The van der Waals surface area contributed by atoms with Crippen LogP contribution in [0.5, 0.6) is 0 Å². The van der Waals surface area contributed by atoms with Crippen LogP contribution >= 0.6 is 0 Å². The molecule has 0 saturated carbocycles. The van der Waals surface area contributed by atoms with Crippen LogP contribution in [0, 0.1) is 32.7 Å². The molecule has 0 aromatic heterocycles. The smallest absolute Gasteiger partial charge is 0.304 e. The molecule has 1 atom stereocenters. The van der Waals surface area contributed by atoms with Gasteiger partial charge in [-0.05, 0) is 24.5 Å².